The van der Waals surface area contributed by atoms with Crippen molar-refractivity contribution in [3.05, 3.63) is 34.4 Å². The van der Waals surface area contributed by atoms with Crippen LogP contribution in [0.15, 0.2) is 12.1 Å². The molecule has 1 saturated carbocycles. The molecule has 2 rings (SSSR count). The van der Waals surface area contributed by atoms with Crippen LogP contribution in [0.3, 0.4) is 0 Å². The van der Waals surface area contributed by atoms with Gasteiger partial charge in [0.15, 0.2) is 5.78 Å². The number of Topliss-reactive ketones (excluding diaryl/α,β-unsaturated/α-hetero) is 1. The summed E-state index contributed by atoms with van der Waals surface area (Å²) in [5.41, 5.74) is 4.69. The first-order valence-electron chi connectivity index (χ1n) is 10.6. The summed E-state index contributed by atoms with van der Waals surface area (Å²) in [5, 5.41) is -0.290. The molecule has 0 saturated heterocycles. The highest BCUT2D eigenvalue weighted by molar-refractivity contribution is 7.21. The van der Waals surface area contributed by atoms with Crippen molar-refractivity contribution in [1.29, 1.82) is 0 Å². The van der Waals surface area contributed by atoms with Gasteiger partial charge in [-0.3, -0.25) is 4.79 Å². The molecular formula is C25H41OP. The van der Waals surface area contributed by atoms with Gasteiger partial charge in [0.1, 0.15) is 0 Å². The Morgan fingerprint density at radius 2 is 1.19 bits per heavy atom. The summed E-state index contributed by atoms with van der Waals surface area (Å²) in [6.07, 6.45) is 5.55. The summed E-state index contributed by atoms with van der Waals surface area (Å²) in [4.78, 5) is 14.0. The third-order valence-corrected chi connectivity index (χ3v) is 6.88. The van der Waals surface area contributed by atoms with Crippen molar-refractivity contribution in [2.75, 3.05) is 0 Å². The van der Waals surface area contributed by atoms with Gasteiger partial charge in [-0.05, 0) is 45.8 Å². The second-order valence-corrected chi connectivity index (χ2v) is 12.8. The number of hydrogen-bond donors (Lipinski definition) is 0. The molecule has 0 bridgehead atoms. The second-order valence-electron chi connectivity index (χ2n) is 11.7. The second kappa shape index (κ2) is 7.29. The largest absolute Gasteiger partial charge is 0.293 e. The van der Waals surface area contributed by atoms with Crippen molar-refractivity contribution < 1.29 is 4.79 Å². The van der Waals surface area contributed by atoms with Crippen LogP contribution < -0.4 is 0 Å². The van der Waals surface area contributed by atoms with E-state index in [2.05, 4.69) is 83.7 Å². The number of hydrogen-bond acceptors (Lipinski definition) is 1. The van der Waals surface area contributed by atoms with E-state index in [1.165, 1.54) is 23.1 Å². The van der Waals surface area contributed by atoms with Crippen LogP contribution in [0, 0.1) is 0 Å². The summed E-state index contributed by atoms with van der Waals surface area (Å²) >= 11 is 0. The lowest BCUT2D eigenvalue weighted by Crippen LogP contribution is -2.38. The van der Waals surface area contributed by atoms with Gasteiger partial charge in [-0.25, -0.2) is 0 Å². The van der Waals surface area contributed by atoms with Crippen LogP contribution >= 0.6 is 9.24 Å². The molecule has 0 amide bonds. The Morgan fingerprint density at radius 3 is 1.52 bits per heavy atom. The quantitative estimate of drug-likeness (QED) is 0.382. The third-order valence-electron chi connectivity index (χ3n) is 6.05. The number of rotatable bonds is 2. The van der Waals surface area contributed by atoms with Crippen LogP contribution in [0.1, 0.15) is 121 Å². The lowest BCUT2D eigenvalue weighted by atomic mass is 9.69. The van der Waals surface area contributed by atoms with Crippen molar-refractivity contribution in [2.24, 2.45) is 0 Å². The van der Waals surface area contributed by atoms with Gasteiger partial charge in [-0.1, -0.05) is 93.7 Å². The maximum atomic E-state index is 14.0. The topological polar surface area (TPSA) is 17.1 Å². The predicted molar refractivity (Wildman–Crippen MR) is 122 cm³/mol. The summed E-state index contributed by atoms with van der Waals surface area (Å²) in [6.45, 7) is 20.3. The molecular weight excluding hydrogens is 347 g/mol. The summed E-state index contributed by atoms with van der Waals surface area (Å²) in [6, 6.07) is 4.64. The molecule has 1 aliphatic rings. The average Bonchev–Trinajstić information content (AvgIpc) is 2.51. The maximum absolute atomic E-state index is 14.0. The molecule has 1 aliphatic carbocycles. The Hall–Kier alpha value is -0.680. The maximum Gasteiger partial charge on any atom is 0.173 e. The minimum atomic E-state index is -0.290. The van der Waals surface area contributed by atoms with E-state index in [1.807, 2.05) is 0 Å². The molecule has 1 atom stereocenters. The van der Waals surface area contributed by atoms with Crippen molar-refractivity contribution in [3.63, 3.8) is 0 Å². The molecule has 0 radical (unpaired) electrons. The molecule has 0 aromatic heterocycles. The number of benzene rings is 1. The molecule has 0 spiro atoms. The van der Waals surface area contributed by atoms with Gasteiger partial charge in [-0.15, -0.1) is 9.24 Å². The molecule has 1 unspecified atom stereocenters. The highest BCUT2D eigenvalue weighted by Gasteiger charge is 2.40. The Morgan fingerprint density at radius 1 is 0.778 bits per heavy atom. The average molecular weight is 389 g/mol. The van der Waals surface area contributed by atoms with Crippen LogP contribution in [0.5, 0.6) is 0 Å². The van der Waals surface area contributed by atoms with Gasteiger partial charge in [0.2, 0.25) is 0 Å². The van der Waals surface area contributed by atoms with Crippen molar-refractivity contribution >= 4 is 15.0 Å². The Labute approximate surface area is 170 Å². The van der Waals surface area contributed by atoms with Gasteiger partial charge >= 0.3 is 0 Å². The molecule has 0 heterocycles. The van der Waals surface area contributed by atoms with Gasteiger partial charge in [0, 0.05) is 10.7 Å². The monoisotopic (exact) mass is 388 g/mol. The van der Waals surface area contributed by atoms with Crippen molar-refractivity contribution in [1.82, 2.24) is 0 Å². The Balaban J connectivity index is 2.83. The first-order valence-corrected chi connectivity index (χ1v) is 11.2. The predicted octanol–water partition coefficient (Wildman–Crippen LogP) is 7.34. The van der Waals surface area contributed by atoms with Gasteiger partial charge in [-0.2, -0.15) is 0 Å². The van der Waals surface area contributed by atoms with Gasteiger partial charge in [0.05, 0.1) is 0 Å². The fourth-order valence-electron chi connectivity index (χ4n) is 4.16. The minimum absolute atomic E-state index is 0.0606. The molecule has 1 aromatic carbocycles. The van der Waals surface area contributed by atoms with E-state index in [-0.39, 0.29) is 21.4 Å². The third kappa shape index (κ3) is 4.84. The van der Waals surface area contributed by atoms with E-state index in [0.29, 0.717) is 5.78 Å². The normalized spacial score (nSPS) is 18.4. The highest BCUT2D eigenvalue weighted by Crippen LogP contribution is 2.44. The fourth-order valence-corrected chi connectivity index (χ4v) is 4.71. The summed E-state index contributed by atoms with van der Waals surface area (Å²) < 4.78 is 0. The van der Waals surface area contributed by atoms with Crippen LogP contribution in [0.2, 0.25) is 0 Å². The van der Waals surface area contributed by atoms with E-state index in [0.717, 1.165) is 31.2 Å². The standard InChI is InChI=1S/C25H41OP/c1-22(2,3)17-15-18(23(4,5)6)20(19(16-17)24(7,8)9)21(26)25(27)13-11-10-12-14-25/h15-16H,10-14,27H2,1-9H3. The first-order chi connectivity index (χ1) is 12.1. The lowest BCUT2D eigenvalue weighted by molar-refractivity contribution is 0.0913. The molecule has 2 heteroatoms. The molecule has 27 heavy (non-hydrogen) atoms. The fraction of sp³-hybridized carbons (Fsp3) is 0.720. The summed E-state index contributed by atoms with van der Waals surface area (Å²) in [5.74, 6) is 0.350. The van der Waals surface area contributed by atoms with Crippen LogP contribution in [0.4, 0.5) is 0 Å². The minimum Gasteiger partial charge on any atom is -0.293 e. The Kier molecular flexibility index (Phi) is 6.11. The van der Waals surface area contributed by atoms with Crippen LogP contribution in [0.25, 0.3) is 0 Å². The lowest BCUT2D eigenvalue weighted by Gasteiger charge is -2.38. The molecule has 0 aliphatic heterocycles. The first kappa shape index (κ1) is 22.6. The molecule has 1 fully saturated rings. The van der Waals surface area contributed by atoms with E-state index in [1.54, 1.807) is 0 Å². The van der Waals surface area contributed by atoms with E-state index >= 15 is 0 Å². The van der Waals surface area contributed by atoms with Crippen molar-refractivity contribution in [2.45, 2.75) is 116 Å². The summed E-state index contributed by atoms with van der Waals surface area (Å²) in [7, 11) is 2.97. The van der Waals surface area contributed by atoms with Crippen LogP contribution in [-0.2, 0) is 16.2 Å². The van der Waals surface area contributed by atoms with E-state index in [4.69, 9.17) is 0 Å². The zero-order chi connectivity index (χ0) is 20.8. The molecule has 0 N–H and O–H groups in total. The van der Waals surface area contributed by atoms with Gasteiger partial charge in [0.25, 0.3) is 0 Å². The number of carbonyl (C=O) groups is 1. The van der Waals surface area contributed by atoms with Crippen LogP contribution in [-0.4, -0.2) is 10.9 Å². The highest BCUT2D eigenvalue weighted by atomic mass is 31.0. The number of ketones is 1. The smallest absolute Gasteiger partial charge is 0.173 e. The zero-order valence-electron chi connectivity index (χ0n) is 19.2. The van der Waals surface area contributed by atoms with Gasteiger partial charge < -0.3 is 0 Å². The SMILES string of the molecule is CC(C)(C)c1cc(C(C)(C)C)c(C(=O)C2(P)CCCCC2)c(C(C)(C)C)c1. The Bertz CT molecular complexity index is 666. The zero-order valence-corrected chi connectivity index (χ0v) is 20.3. The van der Waals surface area contributed by atoms with E-state index < -0.39 is 0 Å². The molecule has 1 aromatic rings. The number of carbonyl (C=O) groups excluding carboxylic acids is 1. The van der Waals surface area contributed by atoms with Crippen molar-refractivity contribution in [3.8, 4) is 0 Å². The van der Waals surface area contributed by atoms with E-state index in [9.17, 15) is 4.79 Å². The molecule has 152 valence electrons. The molecule has 1 nitrogen and oxygen atoms in total.